The molecule has 0 saturated carbocycles. The zero-order valence-electron chi connectivity index (χ0n) is 16.0. The van der Waals surface area contributed by atoms with Gasteiger partial charge >= 0.3 is 0 Å². The van der Waals surface area contributed by atoms with Gasteiger partial charge in [0, 0.05) is 24.3 Å². The van der Waals surface area contributed by atoms with E-state index in [0.717, 1.165) is 35.7 Å². The number of rotatable bonds is 6. The molecule has 1 amide bonds. The summed E-state index contributed by atoms with van der Waals surface area (Å²) < 4.78 is 5.60. The fourth-order valence-corrected chi connectivity index (χ4v) is 3.74. The fourth-order valence-electron chi connectivity index (χ4n) is 3.19. The topological polar surface area (TPSA) is 41.6 Å². The number of aryl methyl sites for hydroxylation is 1. The summed E-state index contributed by atoms with van der Waals surface area (Å²) in [5.74, 6) is 0.247. The molecule has 0 spiro atoms. The molecule has 0 bridgehead atoms. The van der Waals surface area contributed by atoms with Crippen LogP contribution in [0, 0.1) is 0 Å². The number of nitrogens with zero attached hydrogens (tertiary/aromatic N) is 1. The zero-order valence-corrected chi connectivity index (χ0v) is 17.6. The summed E-state index contributed by atoms with van der Waals surface area (Å²) in [6.45, 7) is 3.98. The van der Waals surface area contributed by atoms with Crippen LogP contribution in [-0.2, 0) is 11.2 Å². The summed E-state index contributed by atoms with van der Waals surface area (Å²) in [5.41, 5.74) is 2.89. The third kappa shape index (κ3) is 5.46. The maximum absolute atomic E-state index is 12.1. The lowest BCUT2D eigenvalue weighted by atomic mass is 10.1. The molecule has 1 saturated heterocycles. The summed E-state index contributed by atoms with van der Waals surface area (Å²) in [6, 6.07) is 13.3. The Labute approximate surface area is 176 Å². The first-order valence-corrected chi connectivity index (χ1v) is 10.5. The molecule has 148 valence electrons. The second-order valence-electron chi connectivity index (χ2n) is 6.89. The molecule has 1 fully saturated rings. The Bertz CT molecular complexity index is 833. The highest BCUT2D eigenvalue weighted by Gasteiger charge is 2.16. The Kier molecular flexibility index (Phi) is 7.29. The first-order chi connectivity index (χ1) is 13.6. The second-order valence-corrected chi connectivity index (χ2v) is 7.68. The molecular formula is C22H25ClN2O2S. The molecule has 4 nitrogen and oxygen atoms in total. The summed E-state index contributed by atoms with van der Waals surface area (Å²) in [4.78, 5) is 15.2. The minimum atomic E-state index is -0.228. The maximum Gasteiger partial charge on any atom is 0.262 e. The molecule has 0 aromatic heterocycles. The molecule has 0 atom stereocenters. The standard InChI is InChI=1S/C22H25ClN2O2S/c1-2-16-6-9-18(10-7-16)24-21(26)15-27-20-11-8-17(14-19(20)23)22(28)25-12-4-3-5-13-25/h6-11,14H,2-5,12-13,15H2,1H3,(H,24,26). The second kappa shape index (κ2) is 9.89. The van der Waals surface area contributed by atoms with Gasteiger partial charge in [0.1, 0.15) is 10.7 Å². The number of hydrogen-bond donors (Lipinski definition) is 1. The molecule has 1 aliphatic rings. The molecular weight excluding hydrogens is 392 g/mol. The van der Waals surface area contributed by atoms with Crippen molar-refractivity contribution in [3.05, 3.63) is 58.6 Å². The summed E-state index contributed by atoms with van der Waals surface area (Å²) >= 11 is 12.0. The van der Waals surface area contributed by atoms with E-state index in [1.807, 2.05) is 36.4 Å². The molecule has 1 N–H and O–H groups in total. The van der Waals surface area contributed by atoms with Crippen molar-refractivity contribution in [3.8, 4) is 5.75 Å². The van der Waals surface area contributed by atoms with E-state index in [-0.39, 0.29) is 12.5 Å². The van der Waals surface area contributed by atoms with Gasteiger partial charge in [-0.1, -0.05) is 42.9 Å². The Morgan fingerprint density at radius 1 is 1.14 bits per heavy atom. The van der Waals surface area contributed by atoms with Gasteiger partial charge in [0.2, 0.25) is 0 Å². The third-order valence-electron chi connectivity index (χ3n) is 4.83. The maximum atomic E-state index is 12.1. The van der Waals surface area contributed by atoms with Crippen molar-refractivity contribution in [2.24, 2.45) is 0 Å². The minimum Gasteiger partial charge on any atom is -0.482 e. The number of anilines is 1. The van der Waals surface area contributed by atoms with E-state index in [9.17, 15) is 4.79 Å². The number of ether oxygens (including phenoxy) is 1. The quantitative estimate of drug-likeness (QED) is 0.666. The van der Waals surface area contributed by atoms with Gasteiger partial charge in [-0.05, 0) is 61.6 Å². The Morgan fingerprint density at radius 3 is 2.50 bits per heavy atom. The lowest BCUT2D eigenvalue weighted by Gasteiger charge is -2.29. The van der Waals surface area contributed by atoms with Crippen LogP contribution >= 0.6 is 23.8 Å². The van der Waals surface area contributed by atoms with Crippen molar-refractivity contribution in [2.45, 2.75) is 32.6 Å². The van der Waals surface area contributed by atoms with Crippen molar-refractivity contribution in [1.29, 1.82) is 0 Å². The van der Waals surface area contributed by atoms with E-state index >= 15 is 0 Å². The highest BCUT2D eigenvalue weighted by molar-refractivity contribution is 7.80. The molecule has 0 aliphatic carbocycles. The monoisotopic (exact) mass is 416 g/mol. The van der Waals surface area contributed by atoms with Gasteiger partial charge in [0.05, 0.1) is 5.02 Å². The molecule has 6 heteroatoms. The first kappa shape index (κ1) is 20.6. The van der Waals surface area contributed by atoms with Gasteiger partial charge < -0.3 is 15.0 Å². The van der Waals surface area contributed by atoms with Crippen molar-refractivity contribution in [1.82, 2.24) is 4.90 Å². The van der Waals surface area contributed by atoms with Crippen molar-refractivity contribution >= 4 is 40.4 Å². The zero-order chi connectivity index (χ0) is 19.9. The van der Waals surface area contributed by atoms with Crippen LogP contribution < -0.4 is 10.1 Å². The van der Waals surface area contributed by atoms with Gasteiger partial charge in [-0.25, -0.2) is 0 Å². The average molecular weight is 417 g/mol. The molecule has 28 heavy (non-hydrogen) atoms. The summed E-state index contributed by atoms with van der Waals surface area (Å²) in [5, 5.41) is 3.28. The van der Waals surface area contributed by atoms with Crippen LogP contribution in [0.4, 0.5) is 5.69 Å². The van der Waals surface area contributed by atoms with Crippen LogP contribution in [0.3, 0.4) is 0 Å². The van der Waals surface area contributed by atoms with E-state index in [2.05, 4.69) is 17.1 Å². The Hall–Kier alpha value is -2.11. The normalized spacial score (nSPS) is 13.9. The molecule has 2 aromatic rings. The number of hydrogen-bond acceptors (Lipinski definition) is 3. The Balaban J connectivity index is 1.55. The number of piperidine rings is 1. The summed E-state index contributed by atoms with van der Waals surface area (Å²) in [7, 11) is 0. The first-order valence-electron chi connectivity index (χ1n) is 9.67. The van der Waals surface area contributed by atoms with E-state index in [1.54, 1.807) is 6.07 Å². The third-order valence-corrected chi connectivity index (χ3v) is 5.62. The molecule has 2 aromatic carbocycles. The predicted molar refractivity (Wildman–Crippen MR) is 119 cm³/mol. The van der Waals surface area contributed by atoms with Gasteiger partial charge in [0.25, 0.3) is 5.91 Å². The molecule has 1 aliphatic heterocycles. The van der Waals surface area contributed by atoms with Gasteiger partial charge in [-0.15, -0.1) is 0 Å². The lowest BCUT2D eigenvalue weighted by molar-refractivity contribution is -0.118. The number of amides is 1. The number of carbonyl (C=O) groups is 1. The number of thiocarbonyl (C=S) groups is 1. The van der Waals surface area contributed by atoms with E-state index in [0.29, 0.717) is 10.8 Å². The molecule has 1 heterocycles. The smallest absolute Gasteiger partial charge is 0.262 e. The highest BCUT2D eigenvalue weighted by atomic mass is 35.5. The number of carbonyl (C=O) groups excluding carboxylic acids is 1. The lowest BCUT2D eigenvalue weighted by Crippen LogP contribution is -2.34. The van der Waals surface area contributed by atoms with Gasteiger partial charge in [-0.2, -0.15) is 0 Å². The van der Waals surface area contributed by atoms with Crippen LogP contribution in [0.2, 0.25) is 5.02 Å². The SMILES string of the molecule is CCc1ccc(NC(=O)COc2ccc(C(=S)N3CCCCC3)cc2Cl)cc1. The summed E-state index contributed by atoms with van der Waals surface area (Å²) in [6.07, 6.45) is 4.57. The predicted octanol–water partition coefficient (Wildman–Crippen LogP) is 5.08. The Morgan fingerprint density at radius 2 is 1.86 bits per heavy atom. The van der Waals surface area contributed by atoms with Crippen LogP contribution in [0.1, 0.15) is 37.3 Å². The molecule has 0 radical (unpaired) electrons. The van der Waals surface area contributed by atoms with Gasteiger partial charge in [-0.3, -0.25) is 4.79 Å². The number of likely N-dealkylation sites (tertiary alicyclic amines) is 1. The van der Waals surface area contributed by atoms with Crippen LogP contribution in [0.5, 0.6) is 5.75 Å². The van der Waals surface area contributed by atoms with Crippen LogP contribution in [0.25, 0.3) is 0 Å². The number of nitrogens with one attached hydrogen (secondary N) is 1. The van der Waals surface area contributed by atoms with Crippen molar-refractivity contribution in [3.63, 3.8) is 0 Å². The van der Waals surface area contributed by atoms with Crippen molar-refractivity contribution in [2.75, 3.05) is 25.0 Å². The van der Waals surface area contributed by atoms with E-state index in [1.165, 1.54) is 24.8 Å². The van der Waals surface area contributed by atoms with Gasteiger partial charge in [0.15, 0.2) is 6.61 Å². The van der Waals surface area contributed by atoms with Crippen LogP contribution in [-0.4, -0.2) is 35.5 Å². The molecule has 0 unspecified atom stereocenters. The van der Waals surface area contributed by atoms with Crippen LogP contribution in [0.15, 0.2) is 42.5 Å². The molecule has 3 rings (SSSR count). The minimum absolute atomic E-state index is 0.106. The van der Waals surface area contributed by atoms with E-state index in [4.69, 9.17) is 28.6 Å². The van der Waals surface area contributed by atoms with E-state index < -0.39 is 0 Å². The average Bonchev–Trinajstić information content (AvgIpc) is 2.73. The fraction of sp³-hybridized carbons (Fsp3) is 0.364. The number of halogens is 1. The van der Waals surface area contributed by atoms with Crippen molar-refractivity contribution < 1.29 is 9.53 Å². The largest absolute Gasteiger partial charge is 0.482 e. The number of benzene rings is 2. The highest BCUT2D eigenvalue weighted by Crippen LogP contribution is 2.27.